The zero-order chi connectivity index (χ0) is 21.6. The summed E-state index contributed by atoms with van der Waals surface area (Å²) in [5, 5.41) is 3.25. The van der Waals surface area contributed by atoms with E-state index in [1.54, 1.807) is 42.8 Å². The normalized spacial score (nSPS) is 24.0. The minimum Gasteiger partial charge on any atom is -0.406 e. The molecule has 1 N–H and O–H groups in total. The molecule has 31 heavy (non-hydrogen) atoms. The van der Waals surface area contributed by atoms with E-state index in [9.17, 15) is 13.2 Å². The topological polar surface area (TPSA) is 78.8 Å². The first kappa shape index (κ1) is 19.3. The van der Waals surface area contributed by atoms with Crippen molar-refractivity contribution in [3.63, 3.8) is 0 Å². The van der Waals surface area contributed by atoms with Crippen molar-refractivity contribution >= 4 is 23.8 Å². The van der Waals surface area contributed by atoms with E-state index in [2.05, 4.69) is 25.0 Å². The number of allylic oxidation sites excluding steroid dienone is 1. The second-order valence-electron chi connectivity index (χ2n) is 7.56. The highest BCUT2D eigenvalue weighted by atomic mass is 19.4. The van der Waals surface area contributed by atoms with Gasteiger partial charge in [0.05, 0.1) is 36.5 Å². The lowest BCUT2D eigenvalue weighted by molar-refractivity contribution is -0.303. The van der Waals surface area contributed by atoms with E-state index in [-0.39, 0.29) is 11.8 Å². The van der Waals surface area contributed by atoms with Crippen molar-refractivity contribution in [2.75, 3.05) is 21.8 Å². The fraction of sp³-hybridized carbons (Fsp3) is 0.300. The summed E-state index contributed by atoms with van der Waals surface area (Å²) in [6.07, 6.45) is 6.23. The molecule has 5 rings (SSSR count). The first-order valence-corrected chi connectivity index (χ1v) is 9.56. The number of halogens is 3. The van der Waals surface area contributed by atoms with Crippen molar-refractivity contribution in [3.8, 4) is 0 Å². The summed E-state index contributed by atoms with van der Waals surface area (Å²) >= 11 is 0. The van der Waals surface area contributed by atoms with Crippen LogP contribution in [0.4, 0.5) is 30.6 Å². The van der Waals surface area contributed by atoms with E-state index >= 15 is 0 Å². The van der Waals surface area contributed by atoms with Gasteiger partial charge in [0.2, 0.25) is 5.95 Å². The van der Waals surface area contributed by atoms with E-state index in [4.69, 9.17) is 4.98 Å². The summed E-state index contributed by atoms with van der Waals surface area (Å²) in [4.78, 5) is 21.4. The van der Waals surface area contributed by atoms with E-state index in [1.807, 2.05) is 17.0 Å². The van der Waals surface area contributed by atoms with E-state index in [0.29, 0.717) is 25.0 Å². The van der Waals surface area contributed by atoms with Crippen LogP contribution < -0.4 is 15.1 Å². The first-order valence-electron chi connectivity index (χ1n) is 9.56. The highest BCUT2D eigenvalue weighted by molar-refractivity contribution is 5.84. The van der Waals surface area contributed by atoms with Crippen molar-refractivity contribution in [1.29, 1.82) is 0 Å². The van der Waals surface area contributed by atoms with Crippen molar-refractivity contribution in [3.05, 3.63) is 60.3 Å². The van der Waals surface area contributed by atoms with E-state index < -0.39 is 11.9 Å². The summed E-state index contributed by atoms with van der Waals surface area (Å²) in [6.45, 7) is 2.93. The van der Waals surface area contributed by atoms with Crippen molar-refractivity contribution < 1.29 is 17.9 Å². The number of hydrogen-bond acceptors (Lipinski definition) is 8. The van der Waals surface area contributed by atoms with Crippen LogP contribution in [0.15, 0.2) is 59.7 Å². The number of ether oxygens (including phenoxy) is 1. The Morgan fingerprint density at radius 3 is 2.97 bits per heavy atom. The van der Waals surface area contributed by atoms with Gasteiger partial charge in [-0.05, 0) is 30.7 Å². The van der Waals surface area contributed by atoms with Crippen LogP contribution in [0.25, 0.3) is 0 Å². The van der Waals surface area contributed by atoms with Gasteiger partial charge in [0.15, 0.2) is 5.82 Å². The Kier molecular flexibility index (Phi) is 4.34. The number of hydrogen-bond donors (Lipinski definition) is 1. The fourth-order valence-electron chi connectivity index (χ4n) is 3.89. The Hall–Kier alpha value is -3.63. The molecular formula is C20H18F3N7O. The Labute approximate surface area is 175 Å². The lowest BCUT2D eigenvalue weighted by Crippen LogP contribution is -2.49. The Morgan fingerprint density at radius 2 is 2.19 bits per heavy atom. The highest BCUT2D eigenvalue weighted by Crippen LogP contribution is 2.39. The molecular weight excluding hydrogens is 411 g/mol. The highest BCUT2D eigenvalue weighted by Gasteiger charge is 2.45. The molecule has 0 saturated heterocycles. The van der Waals surface area contributed by atoms with E-state index in [0.717, 1.165) is 11.3 Å². The molecule has 4 heterocycles. The lowest BCUT2D eigenvalue weighted by atomic mass is 9.88. The number of aromatic nitrogens is 3. The number of rotatable bonds is 4. The maximum absolute atomic E-state index is 12.7. The third-order valence-corrected chi connectivity index (χ3v) is 5.40. The second kappa shape index (κ2) is 6.96. The molecule has 1 aliphatic carbocycles. The Bertz CT molecular complexity index is 1090. The van der Waals surface area contributed by atoms with Gasteiger partial charge in [0.25, 0.3) is 0 Å². The minimum atomic E-state index is -4.77. The van der Waals surface area contributed by atoms with Crippen LogP contribution in [0, 0.1) is 0 Å². The molecule has 2 unspecified atom stereocenters. The molecule has 2 atom stereocenters. The average molecular weight is 429 g/mol. The summed E-state index contributed by atoms with van der Waals surface area (Å²) < 4.78 is 42.3. The lowest BCUT2D eigenvalue weighted by Gasteiger charge is -2.36. The van der Waals surface area contributed by atoms with Crippen LogP contribution in [0.2, 0.25) is 0 Å². The van der Waals surface area contributed by atoms with Crippen molar-refractivity contribution in [2.45, 2.75) is 31.4 Å². The van der Waals surface area contributed by atoms with Crippen LogP contribution in [-0.4, -0.2) is 45.9 Å². The smallest absolute Gasteiger partial charge is 0.406 e. The van der Waals surface area contributed by atoms with Crippen LogP contribution in [0.3, 0.4) is 0 Å². The average Bonchev–Trinajstić information content (AvgIpc) is 3.27. The monoisotopic (exact) mass is 429 g/mol. The largest absolute Gasteiger partial charge is 0.573 e. The number of fused-ring (bicyclic) bond motifs is 2. The molecule has 0 bridgehead atoms. The molecule has 0 fully saturated rings. The molecule has 0 spiro atoms. The molecule has 3 aliphatic rings. The first-order chi connectivity index (χ1) is 14.8. The van der Waals surface area contributed by atoms with Crippen LogP contribution in [-0.2, 0) is 11.3 Å². The molecule has 160 valence electrons. The van der Waals surface area contributed by atoms with Gasteiger partial charge < -0.3 is 15.0 Å². The van der Waals surface area contributed by atoms with Crippen LogP contribution >= 0.6 is 0 Å². The Balaban J connectivity index is 1.44. The van der Waals surface area contributed by atoms with Gasteiger partial charge in [-0.15, -0.1) is 13.2 Å². The molecule has 2 aromatic heterocycles. The molecule has 0 saturated carbocycles. The van der Waals surface area contributed by atoms with Gasteiger partial charge >= 0.3 is 6.36 Å². The number of anilines is 3. The summed E-state index contributed by atoms with van der Waals surface area (Å²) in [5.74, 6) is 0.754. The van der Waals surface area contributed by atoms with Gasteiger partial charge in [-0.3, -0.25) is 14.9 Å². The molecule has 8 nitrogen and oxygen atoms in total. The molecule has 2 aromatic rings. The maximum atomic E-state index is 12.7. The third-order valence-electron chi connectivity index (χ3n) is 5.40. The number of nitrogens with zero attached hydrogens (tertiary/aromatic N) is 6. The van der Waals surface area contributed by atoms with Gasteiger partial charge in [0.1, 0.15) is 5.76 Å². The van der Waals surface area contributed by atoms with Gasteiger partial charge in [-0.2, -0.15) is 4.98 Å². The third kappa shape index (κ3) is 3.56. The maximum Gasteiger partial charge on any atom is 0.573 e. The molecule has 0 aromatic carbocycles. The molecule has 11 heteroatoms. The molecule has 2 aliphatic heterocycles. The van der Waals surface area contributed by atoms with E-state index in [1.165, 1.54) is 12.2 Å². The fourth-order valence-corrected chi connectivity index (χ4v) is 3.89. The van der Waals surface area contributed by atoms with Gasteiger partial charge in [-0.1, -0.05) is 12.1 Å². The quantitative estimate of drug-likeness (QED) is 0.800. The van der Waals surface area contributed by atoms with Crippen molar-refractivity contribution in [2.24, 2.45) is 4.99 Å². The summed E-state index contributed by atoms with van der Waals surface area (Å²) in [7, 11) is 0. The number of aliphatic imine (C=N–C) groups is 1. The predicted octanol–water partition coefficient (Wildman–Crippen LogP) is 3.23. The van der Waals surface area contributed by atoms with Gasteiger partial charge in [-0.25, -0.2) is 4.98 Å². The van der Waals surface area contributed by atoms with Gasteiger partial charge in [0, 0.05) is 18.9 Å². The summed E-state index contributed by atoms with van der Waals surface area (Å²) in [6, 6.07) is 3.47. The number of nitrogens with one attached hydrogen (secondary N) is 1. The summed E-state index contributed by atoms with van der Waals surface area (Å²) in [5.41, 5.74) is 0.885. The molecule has 0 amide bonds. The minimum absolute atomic E-state index is 0.289. The Morgan fingerprint density at radius 1 is 1.32 bits per heavy atom. The second-order valence-corrected chi connectivity index (χ2v) is 7.56. The molecule has 0 radical (unpaired) electrons. The zero-order valence-electron chi connectivity index (χ0n) is 16.4. The number of alkyl halides is 3. The zero-order valence-corrected chi connectivity index (χ0v) is 16.4. The van der Waals surface area contributed by atoms with Crippen molar-refractivity contribution in [1.82, 2.24) is 15.0 Å². The standard InChI is InChI=1S/C20H18F3N7O/c1-19-7-14(31-20(21,22)23)4-5-16(19)27-12-30(19)18-25-9-15-17(28-18)29(11-26-15)10-13-3-2-6-24-8-13/h2-9,12,16,26H,10-11H2,1H3. The number of pyridine rings is 1. The van der Waals surface area contributed by atoms with Crippen LogP contribution in [0.1, 0.15) is 12.5 Å². The predicted molar refractivity (Wildman–Crippen MR) is 108 cm³/mol. The SMILES string of the molecule is CC12C=C(OC(F)(F)F)C=CC1N=CN2c1ncc2c(n1)N(Cc1cccnc1)CN2. The van der Waals surface area contributed by atoms with Crippen LogP contribution in [0.5, 0.6) is 0 Å².